The van der Waals surface area contributed by atoms with Crippen LogP contribution >= 0.6 is 11.8 Å². The van der Waals surface area contributed by atoms with Crippen molar-refractivity contribution in [2.45, 2.75) is 26.8 Å². The van der Waals surface area contributed by atoms with E-state index in [1.807, 2.05) is 17.8 Å². The molecule has 0 saturated carbocycles. The van der Waals surface area contributed by atoms with Crippen LogP contribution in [-0.4, -0.2) is 27.7 Å². The number of rotatable bonds is 5. The van der Waals surface area contributed by atoms with E-state index in [2.05, 4.69) is 24.7 Å². The average Bonchev–Trinajstić information content (AvgIpc) is 2.63. The summed E-state index contributed by atoms with van der Waals surface area (Å²) < 4.78 is 2.30. The van der Waals surface area contributed by atoms with Crippen LogP contribution in [0, 0.1) is 13.8 Å². The lowest BCUT2D eigenvalue weighted by Crippen LogP contribution is -2.01. The topological polar surface area (TPSA) is 42.2 Å². The van der Waals surface area contributed by atoms with Crippen molar-refractivity contribution in [1.29, 1.82) is 0 Å². The number of carbonyl (C=O) groups is 1. The predicted molar refractivity (Wildman–Crippen MR) is 81.4 cm³/mol. The highest BCUT2D eigenvalue weighted by atomic mass is 32.2. The minimum atomic E-state index is -0.867. The second-order valence-electron chi connectivity index (χ2n) is 4.75. The first-order valence-corrected chi connectivity index (χ1v) is 7.77. The van der Waals surface area contributed by atoms with E-state index in [1.54, 1.807) is 12.1 Å². The molecule has 0 aliphatic rings. The van der Waals surface area contributed by atoms with E-state index >= 15 is 0 Å². The molecule has 4 heteroatoms. The summed E-state index contributed by atoms with van der Waals surface area (Å²) in [5.74, 6) is 0.278. The Kier molecular flexibility index (Phi) is 4.20. The third-order valence-corrected chi connectivity index (χ3v) is 4.31. The van der Waals surface area contributed by atoms with Crippen LogP contribution in [0.3, 0.4) is 0 Å². The lowest BCUT2D eigenvalue weighted by molar-refractivity contribution is 0.0697. The number of carboxylic acid groups (broad SMARTS) is 1. The number of nitrogens with zero attached hydrogens (tertiary/aromatic N) is 1. The third-order valence-electron chi connectivity index (χ3n) is 3.62. The Hall–Kier alpha value is -1.42. The maximum Gasteiger partial charge on any atom is 0.335 e. The van der Waals surface area contributed by atoms with E-state index in [9.17, 15) is 4.79 Å². The highest BCUT2D eigenvalue weighted by molar-refractivity contribution is 7.98. The van der Waals surface area contributed by atoms with Gasteiger partial charge in [-0.2, -0.15) is 11.8 Å². The Balaban J connectivity index is 2.47. The summed E-state index contributed by atoms with van der Waals surface area (Å²) in [5.41, 5.74) is 3.92. The number of hydrogen-bond donors (Lipinski definition) is 1. The Morgan fingerprint density at radius 2 is 2.11 bits per heavy atom. The van der Waals surface area contributed by atoms with Gasteiger partial charge in [-0.25, -0.2) is 4.79 Å². The van der Waals surface area contributed by atoms with Crippen molar-refractivity contribution in [3.8, 4) is 0 Å². The van der Waals surface area contributed by atoms with Crippen molar-refractivity contribution in [1.82, 2.24) is 4.57 Å². The number of carboxylic acids is 1. The number of aromatic carboxylic acids is 1. The molecular formula is C15H19NO2S. The Morgan fingerprint density at radius 1 is 1.37 bits per heavy atom. The van der Waals surface area contributed by atoms with E-state index in [0.717, 1.165) is 29.6 Å². The SMILES string of the molecule is CSCCCn1c(C)c(C)c2cc(C(=O)O)ccc21. The molecule has 0 aliphatic heterocycles. The smallest absolute Gasteiger partial charge is 0.335 e. The number of aryl methyl sites for hydroxylation is 2. The second-order valence-corrected chi connectivity index (χ2v) is 5.73. The van der Waals surface area contributed by atoms with Gasteiger partial charge in [0.25, 0.3) is 0 Å². The summed E-state index contributed by atoms with van der Waals surface area (Å²) in [4.78, 5) is 11.0. The molecule has 1 heterocycles. The van der Waals surface area contributed by atoms with Crippen molar-refractivity contribution < 1.29 is 9.90 Å². The molecule has 19 heavy (non-hydrogen) atoms. The number of hydrogen-bond acceptors (Lipinski definition) is 2. The maximum atomic E-state index is 11.0. The minimum absolute atomic E-state index is 0.358. The van der Waals surface area contributed by atoms with Gasteiger partial charge in [0.2, 0.25) is 0 Å². The molecular weight excluding hydrogens is 258 g/mol. The van der Waals surface area contributed by atoms with E-state index in [1.165, 1.54) is 11.3 Å². The van der Waals surface area contributed by atoms with Gasteiger partial charge < -0.3 is 9.67 Å². The Bertz CT molecular complexity index is 616. The molecule has 2 aromatic rings. The van der Waals surface area contributed by atoms with Gasteiger partial charge in [0, 0.05) is 23.1 Å². The van der Waals surface area contributed by atoms with Gasteiger partial charge in [0.05, 0.1) is 5.56 Å². The molecule has 0 bridgehead atoms. The molecule has 102 valence electrons. The van der Waals surface area contributed by atoms with Gasteiger partial charge in [-0.15, -0.1) is 0 Å². The van der Waals surface area contributed by atoms with Crippen LogP contribution in [0.1, 0.15) is 28.0 Å². The summed E-state index contributed by atoms with van der Waals surface area (Å²) in [6, 6.07) is 5.40. The zero-order valence-electron chi connectivity index (χ0n) is 11.6. The molecule has 3 nitrogen and oxygen atoms in total. The van der Waals surface area contributed by atoms with Crippen molar-refractivity contribution in [2.75, 3.05) is 12.0 Å². The van der Waals surface area contributed by atoms with Gasteiger partial charge in [-0.3, -0.25) is 0 Å². The molecule has 0 fully saturated rings. The number of aromatic nitrogens is 1. The van der Waals surface area contributed by atoms with E-state index in [-0.39, 0.29) is 0 Å². The van der Waals surface area contributed by atoms with Crippen LogP contribution in [0.4, 0.5) is 0 Å². The van der Waals surface area contributed by atoms with Gasteiger partial charge in [-0.05, 0) is 56.0 Å². The third kappa shape index (κ3) is 2.63. The molecule has 0 radical (unpaired) electrons. The van der Waals surface area contributed by atoms with Crippen molar-refractivity contribution in [3.05, 3.63) is 35.0 Å². The quantitative estimate of drug-likeness (QED) is 0.847. The second kappa shape index (κ2) is 5.70. The molecule has 0 atom stereocenters. The molecule has 1 N–H and O–H groups in total. The van der Waals surface area contributed by atoms with E-state index < -0.39 is 5.97 Å². The van der Waals surface area contributed by atoms with Crippen molar-refractivity contribution >= 4 is 28.6 Å². The van der Waals surface area contributed by atoms with Crippen LogP contribution in [0.15, 0.2) is 18.2 Å². The molecule has 0 spiro atoms. The fraction of sp³-hybridized carbons (Fsp3) is 0.400. The van der Waals surface area contributed by atoms with Gasteiger partial charge >= 0.3 is 5.97 Å². The van der Waals surface area contributed by atoms with Crippen molar-refractivity contribution in [3.63, 3.8) is 0 Å². The zero-order chi connectivity index (χ0) is 14.0. The van der Waals surface area contributed by atoms with Crippen LogP contribution < -0.4 is 0 Å². The summed E-state index contributed by atoms with van der Waals surface area (Å²) in [7, 11) is 0. The van der Waals surface area contributed by atoms with Crippen molar-refractivity contribution in [2.24, 2.45) is 0 Å². The van der Waals surface area contributed by atoms with Crippen LogP contribution in [0.25, 0.3) is 10.9 Å². The molecule has 0 saturated heterocycles. The molecule has 0 unspecified atom stereocenters. The molecule has 1 aromatic carbocycles. The van der Waals surface area contributed by atoms with Gasteiger partial charge in [0.1, 0.15) is 0 Å². The first kappa shape index (κ1) is 14.0. The summed E-state index contributed by atoms with van der Waals surface area (Å²) in [6.45, 7) is 5.16. The Morgan fingerprint density at radius 3 is 2.74 bits per heavy atom. The molecule has 2 rings (SSSR count). The van der Waals surface area contributed by atoms with Gasteiger partial charge in [-0.1, -0.05) is 0 Å². The van der Waals surface area contributed by atoms with E-state index in [4.69, 9.17) is 5.11 Å². The lowest BCUT2D eigenvalue weighted by Gasteiger charge is -2.07. The largest absolute Gasteiger partial charge is 0.478 e. The standard InChI is InChI=1S/C15H19NO2S/c1-10-11(2)16(7-4-8-19-3)14-6-5-12(15(17)18)9-13(10)14/h5-6,9H,4,7-8H2,1-3H3,(H,17,18). The number of thioether (sulfide) groups is 1. The maximum absolute atomic E-state index is 11.0. The molecule has 1 aromatic heterocycles. The average molecular weight is 277 g/mol. The van der Waals surface area contributed by atoms with Crippen LogP contribution in [0.2, 0.25) is 0 Å². The minimum Gasteiger partial charge on any atom is -0.478 e. The zero-order valence-corrected chi connectivity index (χ0v) is 12.4. The molecule has 0 aliphatic carbocycles. The summed E-state index contributed by atoms with van der Waals surface area (Å²) >= 11 is 1.85. The normalized spacial score (nSPS) is 11.1. The monoisotopic (exact) mass is 277 g/mol. The first-order chi connectivity index (χ1) is 9.06. The van der Waals surface area contributed by atoms with Gasteiger partial charge in [0.15, 0.2) is 0 Å². The fourth-order valence-corrected chi connectivity index (χ4v) is 2.86. The summed E-state index contributed by atoms with van der Waals surface area (Å²) in [5, 5.41) is 10.1. The first-order valence-electron chi connectivity index (χ1n) is 6.38. The van der Waals surface area contributed by atoms with Crippen LogP contribution in [-0.2, 0) is 6.54 Å². The lowest BCUT2D eigenvalue weighted by atomic mass is 10.1. The molecule has 0 amide bonds. The Labute approximate surface area is 117 Å². The highest BCUT2D eigenvalue weighted by Gasteiger charge is 2.12. The predicted octanol–water partition coefficient (Wildman–Crippen LogP) is 3.71. The number of fused-ring (bicyclic) bond motifs is 1. The van der Waals surface area contributed by atoms with E-state index in [0.29, 0.717) is 5.56 Å². The van der Waals surface area contributed by atoms with Crippen LogP contribution in [0.5, 0.6) is 0 Å². The summed E-state index contributed by atoms with van der Waals surface area (Å²) in [6.07, 6.45) is 3.25. The number of benzene rings is 1. The fourth-order valence-electron chi connectivity index (χ4n) is 2.44. The highest BCUT2D eigenvalue weighted by Crippen LogP contribution is 2.26.